The van der Waals surface area contributed by atoms with E-state index in [1.54, 1.807) is 16.2 Å². The van der Waals surface area contributed by atoms with Gasteiger partial charge in [0.25, 0.3) is 0 Å². The molecule has 3 rings (SSSR count). The van der Waals surface area contributed by atoms with Crippen LogP contribution in [0.1, 0.15) is 10.4 Å². The summed E-state index contributed by atoms with van der Waals surface area (Å²) in [5.41, 5.74) is 0.990. The van der Waals surface area contributed by atoms with Crippen LogP contribution in [-0.4, -0.2) is 43.3 Å². The summed E-state index contributed by atoms with van der Waals surface area (Å²) in [7, 11) is 0. The highest BCUT2D eigenvalue weighted by atomic mass is 79.9. The molecule has 1 aliphatic rings. The third kappa shape index (κ3) is 5.81. The number of rotatable bonds is 6. The number of thiophene rings is 1. The van der Waals surface area contributed by atoms with Crippen molar-refractivity contribution in [2.24, 2.45) is 0 Å². The van der Waals surface area contributed by atoms with Crippen molar-refractivity contribution in [2.45, 2.75) is 19.3 Å². The van der Waals surface area contributed by atoms with Gasteiger partial charge in [-0.2, -0.15) is 0 Å². The minimum absolute atomic E-state index is 0.0126. The van der Waals surface area contributed by atoms with Crippen LogP contribution in [0.3, 0.4) is 0 Å². The van der Waals surface area contributed by atoms with Gasteiger partial charge in [-0.05, 0) is 33.6 Å². The predicted molar refractivity (Wildman–Crippen MR) is 102 cm³/mol. The Bertz CT molecular complexity index is 680. The molecule has 0 spiro atoms. The van der Waals surface area contributed by atoms with E-state index in [9.17, 15) is 4.79 Å². The SMILES string of the molecule is O=C(OCc1ccccc1)N1CCOC(CNCc2ccc(Br)s2)C1. The van der Waals surface area contributed by atoms with E-state index in [0.29, 0.717) is 32.8 Å². The number of nitrogens with zero attached hydrogens (tertiary/aromatic N) is 1. The minimum atomic E-state index is -0.278. The lowest BCUT2D eigenvalue weighted by atomic mass is 10.2. The fraction of sp³-hybridized carbons (Fsp3) is 0.389. The van der Waals surface area contributed by atoms with Crippen LogP contribution >= 0.6 is 27.3 Å². The standard InChI is InChI=1S/C18H21BrN2O3S/c19-17-7-6-16(25-17)11-20-10-15-12-21(8-9-23-15)18(22)24-13-14-4-2-1-3-5-14/h1-7,15,20H,8-13H2. The fourth-order valence-corrected chi connectivity index (χ4v) is 4.08. The quantitative estimate of drug-likeness (QED) is 0.768. The van der Waals surface area contributed by atoms with E-state index in [0.717, 1.165) is 15.9 Å². The van der Waals surface area contributed by atoms with Crippen LogP contribution in [0.15, 0.2) is 46.3 Å². The second-order valence-electron chi connectivity index (χ2n) is 5.82. The summed E-state index contributed by atoms with van der Waals surface area (Å²) in [5.74, 6) is 0. The first-order chi connectivity index (χ1) is 12.2. The lowest BCUT2D eigenvalue weighted by Crippen LogP contribution is -2.49. The van der Waals surface area contributed by atoms with Gasteiger partial charge < -0.3 is 19.7 Å². The summed E-state index contributed by atoms with van der Waals surface area (Å²) in [4.78, 5) is 15.2. The lowest BCUT2D eigenvalue weighted by molar-refractivity contribution is -0.0271. The molecule has 0 radical (unpaired) electrons. The van der Waals surface area contributed by atoms with Crippen LogP contribution < -0.4 is 5.32 Å². The molecule has 0 aliphatic carbocycles. The zero-order valence-corrected chi connectivity index (χ0v) is 16.2. The molecule has 1 fully saturated rings. The number of amides is 1. The summed E-state index contributed by atoms with van der Waals surface area (Å²) in [6.45, 7) is 3.47. The molecule has 1 atom stereocenters. The van der Waals surface area contributed by atoms with E-state index in [4.69, 9.17) is 9.47 Å². The lowest BCUT2D eigenvalue weighted by Gasteiger charge is -2.32. The molecule has 5 nitrogen and oxygen atoms in total. The van der Waals surface area contributed by atoms with Crippen molar-refractivity contribution >= 4 is 33.4 Å². The van der Waals surface area contributed by atoms with E-state index >= 15 is 0 Å². The number of nitrogens with one attached hydrogen (secondary N) is 1. The summed E-state index contributed by atoms with van der Waals surface area (Å²) in [6.07, 6.45) is -0.291. The number of morpholine rings is 1. The summed E-state index contributed by atoms with van der Waals surface area (Å²) in [6, 6.07) is 13.8. The Kier molecular flexibility index (Phi) is 6.86. The molecule has 1 N–H and O–H groups in total. The Morgan fingerprint density at radius 2 is 2.16 bits per heavy atom. The zero-order valence-electron chi connectivity index (χ0n) is 13.8. The average Bonchev–Trinajstić information content (AvgIpc) is 3.06. The molecule has 1 unspecified atom stereocenters. The molecule has 0 saturated carbocycles. The second kappa shape index (κ2) is 9.33. The summed E-state index contributed by atoms with van der Waals surface area (Å²) < 4.78 is 12.3. The Labute approximate surface area is 160 Å². The Morgan fingerprint density at radius 1 is 1.32 bits per heavy atom. The maximum atomic E-state index is 12.2. The maximum Gasteiger partial charge on any atom is 0.410 e. The van der Waals surface area contributed by atoms with E-state index in [1.165, 1.54) is 4.88 Å². The highest BCUT2D eigenvalue weighted by Gasteiger charge is 2.25. The normalized spacial score (nSPS) is 17.5. The molecule has 1 aromatic carbocycles. The molecule has 25 heavy (non-hydrogen) atoms. The van der Waals surface area contributed by atoms with Crippen LogP contribution in [0.25, 0.3) is 0 Å². The van der Waals surface area contributed by atoms with Gasteiger partial charge in [-0.1, -0.05) is 30.3 Å². The van der Waals surface area contributed by atoms with Crippen LogP contribution in [0.4, 0.5) is 4.79 Å². The van der Waals surface area contributed by atoms with Crippen LogP contribution in [0.5, 0.6) is 0 Å². The average molecular weight is 425 g/mol. The molecular weight excluding hydrogens is 404 g/mol. The van der Waals surface area contributed by atoms with Crippen LogP contribution in [0, 0.1) is 0 Å². The first-order valence-corrected chi connectivity index (χ1v) is 9.84. The molecule has 0 bridgehead atoms. The summed E-state index contributed by atoms with van der Waals surface area (Å²) >= 11 is 5.18. The molecule has 1 aromatic heterocycles. The number of halogens is 1. The highest BCUT2D eigenvalue weighted by Crippen LogP contribution is 2.21. The van der Waals surface area contributed by atoms with Crippen molar-refractivity contribution in [1.82, 2.24) is 10.2 Å². The third-order valence-electron chi connectivity index (χ3n) is 3.90. The van der Waals surface area contributed by atoms with Gasteiger partial charge in [0.05, 0.1) is 23.0 Å². The number of ether oxygens (including phenoxy) is 2. The Morgan fingerprint density at radius 3 is 2.92 bits per heavy atom. The molecule has 2 heterocycles. The van der Waals surface area contributed by atoms with Gasteiger partial charge in [0.15, 0.2) is 0 Å². The molecule has 2 aromatic rings. The van der Waals surface area contributed by atoms with Crippen molar-refractivity contribution in [1.29, 1.82) is 0 Å². The molecule has 7 heteroatoms. The highest BCUT2D eigenvalue weighted by molar-refractivity contribution is 9.11. The number of carbonyl (C=O) groups excluding carboxylic acids is 1. The molecule has 134 valence electrons. The number of benzene rings is 1. The van der Waals surface area contributed by atoms with Gasteiger partial charge in [-0.25, -0.2) is 4.79 Å². The number of hydrogen-bond donors (Lipinski definition) is 1. The van der Waals surface area contributed by atoms with Crippen molar-refractivity contribution in [2.75, 3.05) is 26.2 Å². The van der Waals surface area contributed by atoms with E-state index in [-0.39, 0.29) is 12.2 Å². The number of carbonyl (C=O) groups is 1. The van der Waals surface area contributed by atoms with Gasteiger partial charge >= 0.3 is 6.09 Å². The van der Waals surface area contributed by atoms with Crippen LogP contribution in [0.2, 0.25) is 0 Å². The Hall–Kier alpha value is -1.41. The largest absolute Gasteiger partial charge is 0.445 e. The predicted octanol–water partition coefficient (Wildman–Crippen LogP) is 3.64. The monoisotopic (exact) mass is 424 g/mol. The zero-order chi connectivity index (χ0) is 17.5. The van der Waals surface area contributed by atoms with E-state index in [2.05, 4.69) is 27.3 Å². The van der Waals surface area contributed by atoms with E-state index < -0.39 is 0 Å². The van der Waals surface area contributed by atoms with Crippen molar-refractivity contribution in [3.63, 3.8) is 0 Å². The smallest absolute Gasteiger partial charge is 0.410 e. The molecule has 1 aliphatic heterocycles. The Balaban J connectivity index is 1.40. The van der Waals surface area contributed by atoms with Crippen molar-refractivity contribution < 1.29 is 14.3 Å². The van der Waals surface area contributed by atoms with Gasteiger partial charge in [0.2, 0.25) is 0 Å². The van der Waals surface area contributed by atoms with Gasteiger partial charge in [0.1, 0.15) is 6.61 Å². The van der Waals surface area contributed by atoms with Gasteiger partial charge in [0, 0.05) is 24.5 Å². The maximum absolute atomic E-state index is 12.2. The van der Waals surface area contributed by atoms with E-state index in [1.807, 2.05) is 36.4 Å². The topological polar surface area (TPSA) is 50.8 Å². The van der Waals surface area contributed by atoms with Gasteiger partial charge in [-0.3, -0.25) is 0 Å². The summed E-state index contributed by atoms with van der Waals surface area (Å²) in [5, 5.41) is 3.39. The first-order valence-electron chi connectivity index (χ1n) is 8.23. The first kappa shape index (κ1) is 18.4. The molecular formula is C18H21BrN2O3S. The third-order valence-corrected chi connectivity index (χ3v) is 5.53. The van der Waals surface area contributed by atoms with Gasteiger partial charge in [-0.15, -0.1) is 11.3 Å². The van der Waals surface area contributed by atoms with Crippen molar-refractivity contribution in [3.05, 3.63) is 56.7 Å². The van der Waals surface area contributed by atoms with Crippen molar-refractivity contribution in [3.8, 4) is 0 Å². The fourth-order valence-electron chi connectivity index (χ4n) is 2.62. The molecule has 1 saturated heterocycles. The van der Waals surface area contributed by atoms with Crippen LogP contribution in [-0.2, 0) is 22.6 Å². The molecule has 1 amide bonds. The minimum Gasteiger partial charge on any atom is -0.445 e. The number of hydrogen-bond acceptors (Lipinski definition) is 5. The second-order valence-corrected chi connectivity index (χ2v) is 8.36.